The lowest BCUT2D eigenvalue weighted by Gasteiger charge is -2.21. The van der Waals surface area contributed by atoms with Crippen LogP contribution in [-0.4, -0.2) is 18.2 Å². The minimum atomic E-state index is -0.865. The van der Waals surface area contributed by atoms with Crippen molar-refractivity contribution in [2.45, 2.75) is 32.6 Å². The van der Waals surface area contributed by atoms with Crippen LogP contribution in [-0.2, 0) is 16.6 Å². The Kier molecular flexibility index (Phi) is 3.58. The van der Waals surface area contributed by atoms with E-state index >= 15 is 0 Å². The molecule has 1 N–H and O–H groups in total. The Bertz CT molecular complexity index is 394. The van der Waals surface area contributed by atoms with Crippen molar-refractivity contribution in [3.05, 3.63) is 29.3 Å². The minimum absolute atomic E-state index is 0.803. The van der Waals surface area contributed by atoms with Crippen LogP contribution < -0.4 is 4.74 Å². The van der Waals surface area contributed by atoms with Crippen molar-refractivity contribution in [2.24, 2.45) is 0 Å². The van der Waals surface area contributed by atoms with Gasteiger partial charge in [-0.2, -0.15) is 0 Å². The van der Waals surface area contributed by atoms with E-state index in [1.54, 1.807) is 21.0 Å². The van der Waals surface area contributed by atoms with Gasteiger partial charge in [0, 0.05) is 0 Å². The Balaban J connectivity index is 3.23. The molecule has 0 spiro atoms. The molecule has 1 aromatic rings. The number of carboxylic acids is 1. The zero-order chi connectivity index (χ0) is 12.3. The summed E-state index contributed by atoms with van der Waals surface area (Å²) in [6.45, 7) is 5.43. The van der Waals surface area contributed by atoms with Gasteiger partial charge in [0.1, 0.15) is 5.75 Å². The van der Waals surface area contributed by atoms with Crippen LogP contribution in [0, 0.1) is 0 Å². The van der Waals surface area contributed by atoms with Gasteiger partial charge in [-0.05, 0) is 37.5 Å². The maximum atomic E-state index is 11.1. The van der Waals surface area contributed by atoms with Gasteiger partial charge in [0.25, 0.3) is 0 Å². The Morgan fingerprint density at radius 1 is 1.44 bits per heavy atom. The van der Waals surface area contributed by atoms with Crippen LogP contribution in [0.4, 0.5) is 0 Å². The minimum Gasteiger partial charge on any atom is -0.496 e. The number of hydrogen-bond acceptors (Lipinski definition) is 2. The zero-order valence-corrected chi connectivity index (χ0v) is 10.2. The maximum Gasteiger partial charge on any atom is 0.313 e. The fourth-order valence-corrected chi connectivity index (χ4v) is 1.57. The first-order valence-electron chi connectivity index (χ1n) is 5.34. The summed E-state index contributed by atoms with van der Waals surface area (Å²) >= 11 is 0. The summed E-state index contributed by atoms with van der Waals surface area (Å²) in [7, 11) is 1.62. The predicted molar refractivity (Wildman–Crippen MR) is 63.0 cm³/mol. The van der Waals surface area contributed by atoms with E-state index in [1.165, 1.54) is 0 Å². The Hall–Kier alpha value is -1.51. The number of carboxylic acid groups (broad SMARTS) is 1. The number of aliphatic carboxylic acids is 1. The van der Waals surface area contributed by atoms with Crippen molar-refractivity contribution in [1.82, 2.24) is 0 Å². The Morgan fingerprint density at radius 3 is 2.50 bits per heavy atom. The molecule has 0 saturated carbocycles. The molecule has 0 radical (unpaired) electrons. The second-order valence-corrected chi connectivity index (χ2v) is 4.31. The summed E-state index contributed by atoms with van der Waals surface area (Å²) in [5.74, 6) is -0.00726. The molecule has 0 aliphatic rings. The molecule has 0 heterocycles. The third kappa shape index (κ3) is 2.18. The van der Waals surface area contributed by atoms with Crippen LogP contribution in [0.15, 0.2) is 18.2 Å². The molecular weight excluding hydrogens is 204 g/mol. The van der Waals surface area contributed by atoms with Crippen LogP contribution in [0.25, 0.3) is 0 Å². The molecule has 16 heavy (non-hydrogen) atoms. The van der Waals surface area contributed by atoms with E-state index in [0.717, 1.165) is 23.3 Å². The highest BCUT2D eigenvalue weighted by atomic mass is 16.5. The summed E-state index contributed by atoms with van der Waals surface area (Å²) in [5.41, 5.74) is 0.975. The van der Waals surface area contributed by atoms with Gasteiger partial charge in [0.15, 0.2) is 0 Å². The van der Waals surface area contributed by atoms with Crippen LogP contribution in [0.1, 0.15) is 31.9 Å². The zero-order valence-electron chi connectivity index (χ0n) is 10.2. The molecule has 0 unspecified atom stereocenters. The van der Waals surface area contributed by atoms with E-state index in [4.69, 9.17) is 9.84 Å². The lowest BCUT2D eigenvalue weighted by Crippen LogP contribution is -2.28. The average molecular weight is 222 g/mol. The molecule has 1 aromatic carbocycles. The summed E-state index contributed by atoms with van der Waals surface area (Å²) < 4.78 is 5.22. The first-order valence-corrected chi connectivity index (χ1v) is 5.34. The van der Waals surface area contributed by atoms with E-state index in [-0.39, 0.29) is 0 Å². The molecule has 0 bridgehead atoms. The van der Waals surface area contributed by atoms with Crippen LogP contribution in [0.2, 0.25) is 0 Å². The van der Waals surface area contributed by atoms with Crippen molar-refractivity contribution < 1.29 is 14.6 Å². The summed E-state index contributed by atoms with van der Waals surface area (Å²) in [4.78, 5) is 11.1. The van der Waals surface area contributed by atoms with Crippen molar-refractivity contribution in [3.63, 3.8) is 0 Å². The van der Waals surface area contributed by atoms with Crippen LogP contribution in [0.3, 0.4) is 0 Å². The quantitative estimate of drug-likeness (QED) is 0.851. The summed E-state index contributed by atoms with van der Waals surface area (Å²) in [6.07, 6.45) is 0.826. The average Bonchev–Trinajstić information content (AvgIpc) is 2.27. The molecular formula is C13H18O3. The SMILES string of the molecule is CCc1cc(C(C)(C)C(=O)O)ccc1OC. The van der Waals surface area contributed by atoms with Gasteiger partial charge in [-0.15, -0.1) is 0 Å². The lowest BCUT2D eigenvalue weighted by atomic mass is 9.83. The Labute approximate surface area is 96.1 Å². The molecule has 1 rings (SSSR count). The van der Waals surface area contributed by atoms with Crippen molar-refractivity contribution >= 4 is 5.97 Å². The number of ether oxygens (including phenoxy) is 1. The first-order chi connectivity index (χ1) is 7.43. The van der Waals surface area contributed by atoms with Crippen LogP contribution >= 0.6 is 0 Å². The van der Waals surface area contributed by atoms with E-state index in [0.29, 0.717) is 0 Å². The molecule has 0 aliphatic heterocycles. The fraction of sp³-hybridized carbons (Fsp3) is 0.462. The highest BCUT2D eigenvalue weighted by Gasteiger charge is 2.29. The maximum absolute atomic E-state index is 11.1. The topological polar surface area (TPSA) is 46.5 Å². The molecule has 88 valence electrons. The molecule has 0 aliphatic carbocycles. The van der Waals surface area contributed by atoms with E-state index in [1.807, 2.05) is 25.1 Å². The fourth-order valence-electron chi connectivity index (χ4n) is 1.57. The second kappa shape index (κ2) is 4.56. The number of aryl methyl sites for hydroxylation is 1. The normalized spacial score (nSPS) is 11.2. The molecule has 0 amide bonds. The monoisotopic (exact) mass is 222 g/mol. The molecule has 0 saturated heterocycles. The van der Waals surface area contributed by atoms with Gasteiger partial charge < -0.3 is 9.84 Å². The highest BCUT2D eigenvalue weighted by molar-refractivity contribution is 5.80. The third-order valence-corrected chi connectivity index (χ3v) is 2.92. The number of methoxy groups -OCH3 is 1. The molecule has 0 atom stereocenters. The summed E-state index contributed by atoms with van der Waals surface area (Å²) in [6, 6.07) is 5.55. The van der Waals surface area contributed by atoms with Gasteiger partial charge in [0.2, 0.25) is 0 Å². The smallest absolute Gasteiger partial charge is 0.313 e. The second-order valence-electron chi connectivity index (χ2n) is 4.31. The van der Waals surface area contributed by atoms with Gasteiger partial charge in [-0.25, -0.2) is 0 Å². The van der Waals surface area contributed by atoms with Crippen molar-refractivity contribution in [1.29, 1.82) is 0 Å². The third-order valence-electron chi connectivity index (χ3n) is 2.92. The van der Waals surface area contributed by atoms with Gasteiger partial charge in [-0.3, -0.25) is 4.79 Å². The van der Waals surface area contributed by atoms with Gasteiger partial charge in [0.05, 0.1) is 12.5 Å². The number of hydrogen-bond donors (Lipinski definition) is 1. The van der Waals surface area contributed by atoms with Crippen molar-refractivity contribution in [3.8, 4) is 5.75 Å². The molecule has 0 aromatic heterocycles. The number of carbonyl (C=O) groups is 1. The van der Waals surface area contributed by atoms with Crippen LogP contribution in [0.5, 0.6) is 5.75 Å². The highest BCUT2D eigenvalue weighted by Crippen LogP contribution is 2.28. The largest absolute Gasteiger partial charge is 0.496 e. The Morgan fingerprint density at radius 2 is 2.06 bits per heavy atom. The van der Waals surface area contributed by atoms with Gasteiger partial charge in [-0.1, -0.05) is 19.1 Å². The van der Waals surface area contributed by atoms with Crippen molar-refractivity contribution in [2.75, 3.05) is 7.11 Å². The lowest BCUT2D eigenvalue weighted by molar-refractivity contribution is -0.142. The standard InChI is InChI=1S/C13H18O3/c1-5-9-8-10(6-7-11(9)16-4)13(2,3)12(14)15/h6-8H,5H2,1-4H3,(H,14,15). The molecule has 0 fully saturated rings. The molecule has 3 nitrogen and oxygen atoms in total. The van der Waals surface area contributed by atoms with Gasteiger partial charge >= 0.3 is 5.97 Å². The van der Waals surface area contributed by atoms with E-state index < -0.39 is 11.4 Å². The number of rotatable bonds is 4. The van der Waals surface area contributed by atoms with E-state index in [9.17, 15) is 4.79 Å². The van der Waals surface area contributed by atoms with E-state index in [2.05, 4.69) is 0 Å². The number of benzene rings is 1. The first kappa shape index (κ1) is 12.6. The predicted octanol–water partition coefficient (Wildman–Crippen LogP) is 2.62. The molecule has 3 heteroatoms. The summed E-state index contributed by atoms with van der Waals surface area (Å²) in [5, 5.41) is 9.15.